The normalized spacial score (nSPS) is 11.6. The predicted molar refractivity (Wildman–Crippen MR) is 110 cm³/mol. The number of benzene rings is 2. The van der Waals surface area contributed by atoms with E-state index in [0.29, 0.717) is 34.4 Å². The van der Waals surface area contributed by atoms with E-state index in [1.54, 1.807) is 54.0 Å². The van der Waals surface area contributed by atoms with Crippen LogP contribution in [0.25, 0.3) is 11.0 Å². The molecule has 31 heavy (non-hydrogen) atoms. The SMILES string of the molecule is CCn1c(=O)c(C)nc2cc(C(=O)NCc3ccc(COCC(F)(F)F)cc3)ccc21. The van der Waals surface area contributed by atoms with Crippen molar-refractivity contribution in [1.29, 1.82) is 0 Å². The molecule has 0 aliphatic carbocycles. The van der Waals surface area contributed by atoms with E-state index in [1.165, 1.54) is 0 Å². The Morgan fingerprint density at radius 3 is 2.45 bits per heavy atom. The van der Waals surface area contributed by atoms with Gasteiger partial charge in [0.15, 0.2) is 0 Å². The van der Waals surface area contributed by atoms with Crippen LogP contribution in [0.1, 0.15) is 34.1 Å². The smallest absolute Gasteiger partial charge is 0.367 e. The van der Waals surface area contributed by atoms with Gasteiger partial charge in [-0.3, -0.25) is 9.59 Å². The van der Waals surface area contributed by atoms with Gasteiger partial charge in [-0.1, -0.05) is 24.3 Å². The predicted octanol–water partition coefficient (Wildman–Crippen LogP) is 3.73. The zero-order chi connectivity index (χ0) is 22.6. The molecule has 1 N–H and O–H groups in total. The molecule has 0 radical (unpaired) electrons. The number of ether oxygens (including phenoxy) is 1. The summed E-state index contributed by atoms with van der Waals surface area (Å²) in [6.45, 7) is 2.83. The van der Waals surface area contributed by atoms with Crippen molar-refractivity contribution < 1.29 is 22.7 Å². The summed E-state index contributed by atoms with van der Waals surface area (Å²) in [5.74, 6) is -0.298. The number of carbonyl (C=O) groups excluding carboxylic acids is 1. The van der Waals surface area contributed by atoms with Gasteiger partial charge < -0.3 is 14.6 Å². The molecule has 0 bridgehead atoms. The number of alkyl halides is 3. The molecule has 1 heterocycles. The molecule has 1 aromatic heterocycles. The number of nitrogens with zero attached hydrogens (tertiary/aromatic N) is 2. The summed E-state index contributed by atoms with van der Waals surface area (Å²) in [6, 6.07) is 11.7. The van der Waals surface area contributed by atoms with Crippen LogP contribution in [0.15, 0.2) is 47.3 Å². The number of fused-ring (bicyclic) bond motifs is 1. The van der Waals surface area contributed by atoms with Crippen molar-refractivity contribution in [1.82, 2.24) is 14.9 Å². The molecule has 0 spiro atoms. The minimum absolute atomic E-state index is 0.140. The molecule has 2 aromatic carbocycles. The molecule has 0 fully saturated rings. The van der Waals surface area contributed by atoms with Crippen LogP contribution < -0.4 is 10.9 Å². The van der Waals surface area contributed by atoms with Crippen LogP contribution in [0, 0.1) is 6.92 Å². The highest BCUT2D eigenvalue weighted by molar-refractivity contribution is 5.97. The summed E-state index contributed by atoms with van der Waals surface area (Å²) in [4.78, 5) is 29.0. The Bertz CT molecular complexity index is 1140. The molecule has 0 aliphatic rings. The summed E-state index contributed by atoms with van der Waals surface area (Å²) >= 11 is 0. The largest absolute Gasteiger partial charge is 0.411 e. The molecule has 0 saturated heterocycles. The van der Waals surface area contributed by atoms with Crippen LogP contribution in [-0.4, -0.2) is 28.2 Å². The summed E-state index contributed by atoms with van der Waals surface area (Å²) < 4.78 is 42.6. The Morgan fingerprint density at radius 2 is 1.81 bits per heavy atom. The average Bonchev–Trinajstić information content (AvgIpc) is 2.72. The maximum atomic E-state index is 12.5. The van der Waals surface area contributed by atoms with Crippen molar-refractivity contribution in [3.8, 4) is 0 Å². The molecule has 1 amide bonds. The van der Waals surface area contributed by atoms with Crippen molar-refractivity contribution >= 4 is 16.9 Å². The summed E-state index contributed by atoms with van der Waals surface area (Å²) in [5, 5.41) is 2.80. The molecular weight excluding hydrogens is 411 g/mol. The minimum atomic E-state index is -4.35. The highest BCUT2D eigenvalue weighted by atomic mass is 19.4. The zero-order valence-electron chi connectivity index (χ0n) is 17.1. The molecule has 6 nitrogen and oxygen atoms in total. The van der Waals surface area contributed by atoms with Gasteiger partial charge in [-0.15, -0.1) is 0 Å². The number of carbonyl (C=O) groups is 1. The number of hydrogen-bond acceptors (Lipinski definition) is 4. The second-order valence-corrected chi connectivity index (χ2v) is 7.06. The zero-order valence-corrected chi connectivity index (χ0v) is 17.1. The van der Waals surface area contributed by atoms with Crippen molar-refractivity contribution in [2.75, 3.05) is 6.61 Å². The molecule has 0 atom stereocenters. The van der Waals surface area contributed by atoms with Crippen LogP contribution in [-0.2, 0) is 24.4 Å². The Labute approximate surface area is 176 Å². The van der Waals surface area contributed by atoms with Gasteiger partial charge in [-0.25, -0.2) is 4.98 Å². The van der Waals surface area contributed by atoms with E-state index in [0.717, 1.165) is 5.56 Å². The topological polar surface area (TPSA) is 73.2 Å². The second kappa shape index (κ2) is 9.30. The lowest BCUT2D eigenvalue weighted by Gasteiger charge is -2.11. The standard InChI is InChI=1S/C22H22F3N3O3/c1-3-28-19-9-8-17(10-18(19)27-14(2)21(28)30)20(29)26-11-15-4-6-16(7-5-15)12-31-13-22(23,24)25/h4-10H,3,11-13H2,1-2H3,(H,26,29). The Morgan fingerprint density at radius 1 is 1.13 bits per heavy atom. The van der Waals surface area contributed by atoms with Gasteiger partial charge in [-0.05, 0) is 43.2 Å². The second-order valence-electron chi connectivity index (χ2n) is 7.06. The summed E-state index contributed by atoms with van der Waals surface area (Å²) in [7, 11) is 0. The number of rotatable bonds is 7. The number of nitrogens with one attached hydrogen (secondary N) is 1. The fourth-order valence-electron chi connectivity index (χ4n) is 3.15. The minimum Gasteiger partial charge on any atom is -0.367 e. The summed E-state index contributed by atoms with van der Waals surface area (Å²) in [5.41, 5.74) is 3.26. The van der Waals surface area contributed by atoms with Crippen molar-refractivity contribution in [3.63, 3.8) is 0 Å². The molecule has 164 valence electrons. The van der Waals surface area contributed by atoms with Gasteiger partial charge in [0.05, 0.1) is 17.6 Å². The first-order valence-electron chi connectivity index (χ1n) is 9.69. The van der Waals surface area contributed by atoms with E-state index >= 15 is 0 Å². The van der Waals surface area contributed by atoms with Crippen molar-refractivity contribution in [2.45, 2.75) is 39.7 Å². The molecule has 0 saturated carbocycles. The first-order valence-corrected chi connectivity index (χ1v) is 9.69. The van der Waals surface area contributed by atoms with Crippen LogP contribution in [0.2, 0.25) is 0 Å². The van der Waals surface area contributed by atoms with Gasteiger partial charge in [0.1, 0.15) is 12.3 Å². The van der Waals surface area contributed by atoms with Gasteiger partial charge in [0.25, 0.3) is 11.5 Å². The maximum Gasteiger partial charge on any atom is 0.411 e. The molecule has 3 aromatic rings. The number of halogens is 3. The molecule has 0 aliphatic heterocycles. The maximum absolute atomic E-state index is 12.5. The van der Waals surface area contributed by atoms with Crippen molar-refractivity contribution in [2.24, 2.45) is 0 Å². The lowest BCUT2D eigenvalue weighted by Crippen LogP contribution is -2.25. The lowest BCUT2D eigenvalue weighted by molar-refractivity contribution is -0.176. The third-order valence-corrected chi connectivity index (χ3v) is 4.70. The third kappa shape index (κ3) is 5.69. The molecule has 0 unspecified atom stereocenters. The van der Waals surface area contributed by atoms with Crippen LogP contribution in [0.3, 0.4) is 0 Å². The Hall–Kier alpha value is -3.20. The van der Waals surface area contributed by atoms with Gasteiger partial charge in [0, 0.05) is 18.7 Å². The van der Waals surface area contributed by atoms with E-state index in [4.69, 9.17) is 0 Å². The number of aryl methyl sites for hydroxylation is 2. The average molecular weight is 433 g/mol. The molecule has 9 heteroatoms. The molecule has 3 rings (SSSR count). The van der Waals surface area contributed by atoms with E-state index in [2.05, 4.69) is 15.0 Å². The van der Waals surface area contributed by atoms with Gasteiger partial charge in [-0.2, -0.15) is 13.2 Å². The van der Waals surface area contributed by atoms with Crippen LogP contribution in [0.4, 0.5) is 13.2 Å². The highest BCUT2D eigenvalue weighted by Crippen LogP contribution is 2.16. The van der Waals surface area contributed by atoms with Gasteiger partial charge in [0.2, 0.25) is 0 Å². The first kappa shape index (κ1) is 22.5. The van der Waals surface area contributed by atoms with Gasteiger partial charge >= 0.3 is 6.18 Å². The van der Waals surface area contributed by atoms with E-state index in [9.17, 15) is 22.8 Å². The highest BCUT2D eigenvalue weighted by Gasteiger charge is 2.27. The summed E-state index contributed by atoms with van der Waals surface area (Å²) in [6.07, 6.45) is -4.35. The fourth-order valence-corrected chi connectivity index (χ4v) is 3.15. The van der Waals surface area contributed by atoms with Crippen LogP contribution >= 0.6 is 0 Å². The van der Waals surface area contributed by atoms with E-state index in [1.807, 2.05) is 6.92 Å². The monoisotopic (exact) mass is 433 g/mol. The fraction of sp³-hybridized carbons (Fsp3) is 0.318. The number of aromatic nitrogens is 2. The number of amides is 1. The quantitative estimate of drug-likeness (QED) is 0.616. The molecular formula is C22H22F3N3O3. The first-order chi connectivity index (χ1) is 14.7. The Balaban J connectivity index is 1.63. The van der Waals surface area contributed by atoms with E-state index < -0.39 is 12.8 Å². The third-order valence-electron chi connectivity index (χ3n) is 4.70. The lowest BCUT2D eigenvalue weighted by atomic mass is 10.1. The Kier molecular flexibility index (Phi) is 6.74. The number of hydrogen-bond donors (Lipinski definition) is 1. The van der Waals surface area contributed by atoms with E-state index in [-0.39, 0.29) is 24.6 Å². The van der Waals surface area contributed by atoms with Crippen LogP contribution in [0.5, 0.6) is 0 Å². The van der Waals surface area contributed by atoms with Crippen molar-refractivity contribution in [3.05, 3.63) is 75.2 Å².